The topological polar surface area (TPSA) is 53.6 Å². The van der Waals surface area contributed by atoms with Crippen LogP contribution in [0.4, 0.5) is 0 Å². The Morgan fingerprint density at radius 3 is 2.89 bits per heavy atom. The average molecular weight is 285 g/mol. The van der Waals surface area contributed by atoms with E-state index in [1.807, 2.05) is 19.1 Å². The van der Waals surface area contributed by atoms with Crippen molar-refractivity contribution >= 4 is 23.2 Å². The maximum Gasteiger partial charge on any atom is 0.141 e. The van der Waals surface area contributed by atoms with Crippen LogP contribution in [0.1, 0.15) is 24.4 Å². The number of nitrogens with zero attached hydrogens (tertiary/aromatic N) is 2. The van der Waals surface area contributed by atoms with Crippen molar-refractivity contribution in [2.24, 2.45) is 0 Å². The molecule has 0 aliphatic heterocycles. The average Bonchev–Trinajstić information content (AvgIpc) is 2.88. The number of aromatic nitrogens is 3. The molecule has 1 unspecified atom stereocenters. The number of likely N-dealkylation sites (N-methyl/N-ethyl adjacent to an activating group) is 1. The van der Waals surface area contributed by atoms with Crippen molar-refractivity contribution in [2.45, 2.75) is 19.4 Å². The quantitative estimate of drug-likeness (QED) is 0.888. The van der Waals surface area contributed by atoms with Gasteiger partial charge in [0.25, 0.3) is 0 Å². The van der Waals surface area contributed by atoms with Gasteiger partial charge in [-0.2, -0.15) is 5.10 Å². The molecule has 0 fully saturated rings. The number of hydrogen-bond donors (Lipinski definition) is 2. The minimum atomic E-state index is 0.0495. The Morgan fingerprint density at radius 2 is 2.22 bits per heavy atom. The van der Waals surface area contributed by atoms with Crippen molar-refractivity contribution in [3.05, 3.63) is 46.0 Å². The minimum absolute atomic E-state index is 0.0495. The van der Waals surface area contributed by atoms with Gasteiger partial charge in [-0.1, -0.05) is 42.3 Å². The van der Waals surface area contributed by atoms with Crippen LogP contribution >= 0.6 is 23.2 Å². The standard InChI is InChI=1S/C12H14Cl2N4/c1-2-15-10(12-16-7-17-18-12)6-8-4-3-5-9(13)11(8)14/h3-5,7,10,15H,2,6H2,1H3,(H,16,17,18). The molecular weight excluding hydrogens is 271 g/mol. The summed E-state index contributed by atoms with van der Waals surface area (Å²) in [6, 6.07) is 5.69. The molecule has 0 saturated heterocycles. The second-order valence-electron chi connectivity index (χ2n) is 3.90. The van der Waals surface area contributed by atoms with Gasteiger partial charge < -0.3 is 5.32 Å². The van der Waals surface area contributed by atoms with Crippen LogP contribution in [0, 0.1) is 0 Å². The van der Waals surface area contributed by atoms with Gasteiger partial charge in [0, 0.05) is 0 Å². The summed E-state index contributed by atoms with van der Waals surface area (Å²) in [7, 11) is 0. The summed E-state index contributed by atoms with van der Waals surface area (Å²) >= 11 is 12.2. The van der Waals surface area contributed by atoms with E-state index in [-0.39, 0.29) is 6.04 Å². The van der Waals surface area contributed by atoms with Gasteiger partial charge >= 0.3 is 0 Å². The summed E-state index contributed by atoms with van der Waals surface area (Å²) in [5.74, 6) is 0.799. The molecule has 0 saturated carbocycles. The Morgan fingerprint density at radius 1 is 1.39 bits per heavy atom. The summed E-state index contributed by atoms with van der Waals surface area (Å²) in [6.07, 6.45) is 2.21. The van der Waals surface area contributed by atoms with Gasteiger partial charge in [0.05, 0.1) is 16.1 Å². The summed E-state index contributed by atoms with van der Waals surface area (Å²) < 4.78 is 0. The van der Waals surface area contributed by atoms with Gasteiger partial charge in [-0.05, 0) is 24.6 Å². The molecule has 0 aliphatic rings. The number of rotatable bonds is 5. The molecule has 1 heterocycles. The van der Waals surface area contributed by atoms with Gasteiger partial charge in [-0.15, -0.1) is 0 Å². The molecule has 1 aromatic heterocycles. The van der Waals surface area contributed by atoms with Crippen molar-refractivity contribution in [2.75, 3.05) is 6.54 Å². The van der Waals surface area contributed by atoms with Gasteiger partial charge in [-0.25, -0.2) is 4.98 Å². The lowest BCUT2D eigenvalue weighted by Crippen LogP contribution is -2.24. The Balaban J connectivity index is 2.21. The first-order valence-electron chi connectivity index (χ1n) is 5.74. The lowest BCUT2D eigenvalue weighted by Gasteiger charge is -2.16. The van der Waals surface area contributed by atoms with Crippen molar-refractivity contribution in [3.8, 4) is 0 Å². The van der Waals surface area contributed by atoms with Crippen molar-refractivity contribution < 1.29 is 0 Å². The van der Waals surface area contributed by atoms with Crippen LogP contribution in [-0.2, 0) is 6.42 Å². The van der Waals surface area contributed by atoms with Crippen LogP contribution in [0.3, 0.4) is 0 Å². The predicted octanol–water partition coefficient (Wildman–Crippen LogP) is 3.00. The van der Waals surface area contributed by atoms with E-state index in [9.17, 15) is 0 Å². The van der Waals surface area contributed by atoms with Crippen molar-refractivity contribution in [3.63, 3.8) is 0 Å². The third kappa shape index (κ3) is 3.02. The second kappa shape index (κ2) is 6.18. The lowest BCUT2D eigenvalue weighted by molar-refractivity contribution is 0.523. The summed E-state index contributed by atoms with van der Waals surface area (Å²) in [5, 5.41) is 11.3. The normalized spacial score (nSPS) is 12.6. The highest BCUT2D eigenvalue weighted by molar-refractivity contribution is 6.42. The Bertz CT molecular complexity index is 499. The second-order valence-corrected chi connectivity index (χ2v) is 4.68. The molecule has 0 radical (unpaired) electrons. The number of halogens is 2. The monoisotopic (exact) mass is 284 g/mol. The highest BCUT2D eigenvalue weighted by Crippen LogP contribution is 2.28. The lowest BCUT2D eigenvalue weighted by atomic mass is 10.1. The largest absolute Gasteiger partial charge is 0.307 e. The molecule has 96 valence electrons. The minimum Gasteiger partial charge on any atom is -0.307 e. The highest BCUT2D eigenvalue weighted by atomic mass is 35.5. The molecule has 18 heavy (non-hydrogen) atoms. The number of H-pyrrole nitrogens is 1. The number of benzene rings is 1. The van der Waals surface area contributed by atoms with Crippen LogP contribution in [0.25, 0.3) is 0 Å². The summed E-state index contributed by atoms with van der Waals surface area (Å²) in [5.41, 5.74) is 0.992. The Labute approximate surface area is 116 Å². The Kier molecular flexibility index (Phi) is 4.58. The van der Waals surface area contributed by atoms with Crippen LogP contribution in [-0.4, -0.2) is 21.7 Å². The molecule has 0 bridgehead atoms. The first-order chi connectivity index (χ1) is 8.72. The van der Waals surface area contributed by atoms with E-state index in [0.29, 0.717) is 16.5 Å². The van der Waals surface area contributed by atoms with Crippen molar-refractivity contribution in [1.82, 2.24) is 20.5 Å². The zero-order chi connectivity index (χ0) is 13.0. The zero-order valence-corrected chi connectivity index (χ0v) is 11.5. The third-order valence-electron chi connectivity index (χ3n) is 2.67. The van der Waals surface area contributed by atoms with E-state index >= 15 is 0 Å². The first-order valence-corrected chi connectivity index (χ1v) is 6.49. The molecule has 4 nitrogen and oxygen atoms in total. The molecule has 2 aromatic rings. The summed E-state index contributed by atoms with van der Waals surface area (Å²) in [4.78, 5) is 4.18. The van der Waals surface area contributed by atoms with E-state index in [1.165, 1.54) is 6.33 Å². The maximum absolute atomic E-state index is 6.19. The van der Waals surface area contributed by atoms with Gasteiger partial charge in [0.1, 0.15) is 12.2 Å². The Hall–Kier alpha value is -1.10. The van der Waals surface area contributed by atoms with Crippen LogP contribution < -0.4 is 5.32 Å². The van der Waals surface area contributed by atoms with E-state index in [0.717, 1.165) is 17.9 Å². The number of hydrogen-bond acceptors (Lipinski definition) is 3. The molecule has 1 atom stereocenters. The zero-order valence-electron chi connectivity index (χ0n) is 9.95. The van der Waals surface area contributed by atoms with E-state index in [2.05, 4.69) is 20.5 Å². The molecule has 0 spiro atoms. The molecule has 6 heteroatoms. The van der Waals surface area contributed by atoms with Gasteiger partial charge in [-0.3, -0.25) is 5.10 Å². The van der Waals surface area contributed by atoms with Crippen LogP contribution in [0.15, 0.2) is 24.5 Å². The SMILES string of the molecule is CCNC(Cc1cccc(Cl)c1Cl)c1ncn[nH]1. The van der Waals surface area contributed by atoms with Crippen molar-refractivity contribution in [1.29, 1.82) is 0 Å². The number of aromatic amines is 1. The third-order valence-corrected chi connectivity index (χ3v) is 3.53. The maximum atomic E-state index is 6.19. The molecule has 1 aromatic carbocycles. The van der Waals surface area contributed by atoms with E-state index in [1.54, 1.807) is 6.07 Å². The van der Waals surface area contributed by atoms with Crippen LogP contribution in [0.2, 0.25) is 10.0 Å². The number of nitrogens with one attached hydrogen (secondary N) is 2. The molecular formula is C12H14Cl2N4. The fourth-order valence-corrected chi connectivity index (χ4v) is 2.22. The molecule has 0 aliphatic carbocycles. The fourth-order valence-electron chi connectivity index (χ4n) is 1.82. The smallest absolute Gasteiger partial charge is 0.141 e. The predicted molar refractivity (Wildman–Crippen MR) is 73.0 cm³/mol. The van der Waals surface area contributed by atoms with E-state index in [4.69, 9.17) is 23.2 Å². The molecule has 2 N–H and O–H groups in total. The fraction of sp³-hybridized carbons (Fsp3) is 0.333. The van der Waals surface area contributed by atoms with Gasteiger partial charge in [0.15, 0.2) is 0 Å². The van der Waals surface area contributed by atoms with Gasteiger partial charge in [0.2, 0.25) is 0 Å². The first kappa shape index (κ1) is 13.3. The molecule has 2 rings (SSSR count). The molecule has 0 amide bonds. The highest BCUT2D eigenvalue weighted by Gasteiger charge is 2.16. The van der Waals surface area contributed by atoms with Crippen LogP contribution in [0.5, 0.6) is 0 Å². The van der Waals surface area contributed by atoms with E-state index < -0.39 is 0 Å². The summed E-state index contributed by atoms with van der Waals surface area (Å²) in [6.45, 7) is 2.88.